The van der Waals surface area contributed by atoms with Crippen molar-refractivity contribution in [2.24, 2.45) is 0 Å². The Balaban J connectivity index is 2.18. The third-order valence-corrected chi connectivity index (χ3v) is 2.76. The first-order chi connectivity index (χ1) is 9.61. The number of aromatic nitrogens is 2. The normalized spacial score (nSPS) is 10.2. The summed E-state index contributed by atoms with van der Waals surface area (Å²) in [6.45, 7) is 2.57. The van der Waals surface area contributed by atoms with Crippen molar-refractivity contribution in [2.45, 2.75) is 6.92 Å². The Bertz CT molecular complexity index is 636. The molecule has 0 aromatic carbocycles. The highest BCUT2D eigenvalue weighted by Crippen LogP contribution is 2.21. The molecular formula is C13H12ClFN4O. The Morgan fingerprint density at radius 2 is 2.25 bits per heavy atom. The van der Waals surface area contributed by atoms with Crippen LogP contribution in [0.3, 0.4) is 0 Å². The number of hydrogen-bond acceptors (Lipinski definition) is 4. The number of nitrogens with one attached hydrogen (secondary N) is 2. The first kappa shape index (κ1) is 14.2. The Labute approximate surface area is 120 Å². The summed E-state index contributed by atoms with van der Waals surface area (Å²) in [5, 5.41) is 5.72. The van der Waals surface area contributed by atoms with Crippen LogP contribution in [0.25, 0.3) is 0 Å². The maximum Gasteiger partial charge on any atom is 0.257 e. The van der Waals surface area contributed by atoms with Gasteiger partial charge in [0, 0.05) is 18.9 Å². The van der Waals surface area contributed by atoms with E-state index < -0.39 is 11.7 Å². The van der Waals surface area contributed by atoms with Crippen LogP contribution in [0.15, 0.2) is 30.7 Å². The van der Waals surface area contributed by atoms with Gasteiger partial charge in [0.15, 0.2) is 5.82 Å². The second-order valence-electron chi connectivity index (χ2n) is 3.89. The molecule has 5 nitrogen and oxygen atoms in total. The molecule has 0 radical (unpaired) electrons. The maximum atomic E-state index is 13.4. The van der Waals surface area contributed by atoms with Gasteiger partial charge in [-0.05, 0) is 19.1 Å². The molecule has 1 amide bonds. The number of carbonyl (C=O) groups excluding carboxylic acids is 1. The molecule has 0 unspecified atom stereocenters. The first-order valence-corrected chi connectivity index (χ1v) is 6.30. The molecule has 20 heavy (non-hydrogen) atoms. The fourth-order valence-corrected chi connectivity index (χ4v) is 1.76. The third kappa shape index (κ3) is 3.21. The molecule has 0 aliphatic heterocycles. The minimum Gasteiger partial charge on any atom is -0.369 e. The summed E-state index contributed by atoms with van der Waals surface area (Å²) in [7, 11) is 0. The van der Waals surface area contributed by atoms with Crippen LogP contribution in [0, 0.1) is 5.82 Å². The Kier molecular flexibility index (Phi) is 4.47. The summed E-state index contributed by atoms with van der Waals surface area (Å²) in [5.74, 6) is -0.600. The molecular weight excluding hydrogens is 283 g/mol. The zero-order chi connectivity index (χ0) is 14.5. The molecule has 0 aliphatic rings. The minimum atomic E-state index is -0.607. The van der Waals surface area contributed by atoms with Crippen molar-refractivity contribution in [1.82, 2.24) is 9.97 Å². The van der Waals surface area contributed by atoms with Crippen LogP contribution in [-0.2, 0) is 0 Å². The molecule has 104 valence electrons. The van der Waals surface area contributed by atoms with E-state index in [0.29, 0.717) is 17.4 Å². The number of anilines is 2. The summed E-state index contributed by atoms with van der Waals surface area (Å²) in [4.78, 5) is 19.6. The van der Waals surface area contributed by atoms with Gasteiger partial charge in [-0.1, -0.05) is 11.6 Å². The topological polar surface area (TPSA) is 66.9 Å². The highest BCUT2D eigenvalue weighted by atomic mass is 35.5. The Morgan fingerprint density at radius 3 is 2.90 bits per heavy atom. The number of nitrogens with zero attached hydrogens (tertiary/aromatic N) is 2. The molecule has 2 aromatic rings. The third-order valence-electron chi connectivity index (χ3n) is 2.47. The molecule has 2 N–H and O–H groups in total. The lowest BCUT2D eigenvalue weighted by Gasteiger charge is -2.08. The molecule has 7 heteroatoms. The van der Waals surface area contributed by atoms with E-state index in [2.05, 4.69) is 20.6 Å². The molecule has 0 fully saturated rings. The predicted molar refractivity (Wildman–Crippen MR) is 75.6 cm³/mol. The van der Waals surface area contributed by atoms with E-state index in [1.165, 1.54) is 24.5 Å². The van der Waals surface area contributed by atoms with Crippen molar-refractivity contribution in [3.8, 4) is 0 Å². The van der Waals surface area contributed by atoms with Crippen LogP contribution in [0.5, 0.6) is 0 Å². The summed E-state index contributed by atoms with van der Waals surface area (Å²) < 4.78 is 13.4. The van der Waals surface area contributed by atoms with E-state index in [1.54, 1.807) is 0 Å². The lowest BCUT2D eigenvalue weighted by atomic mass is 10.2. The number of amides is 1. The lowest BCUT2D eigenvalue weighted by Crippen LogP contribution is -2.14. The highest BCUT2D eigenvalue weighted by Gasteiger charge is 2.12. The average molecular weight is 295 g/mol. The van der Waals surface area contributed by atoms with Crippen molar-refractivity contribution < 1.29 is 9.18 Å². The quantitative estimate of drug-likeness (QED) is 0.910. The summed E-state index contributed by atoms with van der Waals surface area (Å²) in [6.07, 6.45) is 3.78. The molecule has 0 spiro atoms. The zero-order valence-corrected chi connectivity index (χ0v) is 11.4. The molecule has 0 saturated carbocycles. The molecule has 0 bridgehead atoms. The van der Waals surface area contributed by atoms with Gasteiger partial charge in [-0.15, -0.1) is 0 Å². The minimum absolute atomic E-state index is 0.0527. The summed E-state index contributed by atoms with van der Waals surface area (Å²) in [5.41, 5.74) is 0.296. The summed E-state index contributed by atoms with van der Waals surface area (Å²) >= 11 is 6.00. The van der Waals surface area contributed by atoms with Crippen molar-refractivity contribution in [3.05, 3.63) is 47.1 Å². The van der Waals surface area contributed by atoms with Crippen molar-refractivity contribution in [3.63, 3.8) is 0 Å². The van der Waals surface area contributed by atoms with Crippen LogP contribution in [0.4, 0.5) is 15.9 Å². The fourth-order valence-electron chi connectivity index (χ4n) is 1.53. The van der Waals surface area contributed by atoms with E-state index in [0.717, 1.165) is 6.20 Å². The van der Waals surface area contributed by atoms with Crippen molar-refractivity contribution >= 4 is 29.0 Å². The number of pyridine rings is 2. The predicted octanol–water partition coefficient (Wildman–Crippen LogP) is 2.95. The average Bonchev–Trinajstić information content (AvgIpc) is 2.43. The lowest BCUT2D eigenvalue weighted by molar-refractivity contribution is 0.102. The van der Waals surface area contributed by atoms with Gasteiger partial charge >= 0.3 is 0 Å². The molecule has 0 aliphatic carbocycles. The van der Waals surface area contributed by atoms with Gasteiger partial charge < -0.3 is 10.6 Å². The van der Waals surface area contributed by atoms with Gasteiger partial charge in [0.25, 0.3) is 5.91 Å². The molecule has 2 aromatic heterocycles. The molecule has 2 rings (SSSR count). The van der Waals surface area contributed by atoms with Crippen LogP contribution in [0.2, 0.25) is 5.02 Å². The van der Waals surface area contributed by atoms with Gasteiger partial charge in [-0.3, -0.25) is 9.78 Å². The van der Waals surface area contributed by atoms with Gasteiger partial charge in [0.2, 0.25) is 0 Å². The first-order valence-electron chi connectivity index (χ1n) is 5.92. The van der Waals surface area contributed by atoms with E-state index >= 15 is 0 Å². The largest absolute Gasteiger partial charge is 0.369 e. The second-order valence-corrected chi connectivity index (χ2v) is 4.30. The molecule has 0 atom stereocenters. The van der Waals surface area contributed by atoms with E-state index in [4.69, 9.17) is 11.6 Å². The maximum absolute atomic E-state index is 13.4. The fraction of sp³-hybridized carbons (Fsp3) is 0.154. The Hall–Kier alpha value is -2.21. The van der Waals surface area contributed by atoms with Crippen LogP contribution in [0.1, 0.15) is 17.3 Å². The van der Waals surface area contributed by atoms with Crippen LogP contribution < -0.4 is 10.6 Å². The van der Waals surface area contributed by atoms with Crippen LogP contribution in [-0.4, -0.2) is 22.4 Å². The molecule has 2 heterocycles. The second kappa shape index (κ2) is 6.29. The van der Waals surface area contributed by atoms with Gasteiger partial charge in [0.1, 0.15) is 5.82 Å². The summed E-state index contributed by atoms with van der Waals surface area (Å²) in [6, 6.07) is 2.84. The van der Waals surface area contributed by atoms with Gasteiger partial charge in [-0.25, -0.2) is 9.37 Å². The van der Waals surface area contributed by atoms with Crippen molar-refractivity contribution in [1.29, 1.82) is 0 Å². The highest BCUT2D eigenvalue weighted by molar-refractivity contribution is 6.33. The SMILES string of the molecule is CCNc1ncc(C(=O)Nc2ccncc2F)cc1Cl. The van der Waals surface area contributed by atoms with Crippen LogP contribution >= 0.6 is 11.6 Å². The number of rotatable bonds is 4. The number of carbonyl (C=O) groups is 1. The van der Waals surface area contributed by atoms with E-state index in [1.807, 2.05) is 6.92 Å². The molecule has 0 saturated heterocycles. The number of halogens is 2. The standard InChI is InChI=1S/C13H12ClFN4O/c1-2-17-12-9(14)5-8(6-18-12)13(20)19-11-3-4-16-7-10(11)15/h3-7H,2H2,1H3,(H,17,18)(H,16,19,20). The smallest absolute Gasteiger partial charge is 0.257 e. The Morgan fingerprint density at radius 1 is 1.45 bits per heavy atom. The van der Waals surface area contributed by atoms with Crippen molar-refractivity contribution in [2.75, 3.05) is 17.2 Å². The monoisotopic (exact) mass is 294 g/mol. The van der Waals surface area contributed by atoms with Gasteiger partial charge in [-0.2, -0.15) is 0 Å². The van der Waals surface area contributed by atoms with E-state index in [-0.39, 0.29) is 11.3 Å². The van der Waals surface area contributed by atoms with Gasteiger partial charge in [0.05, 0.1) is 22.5 Å². The number of hydrogen-bond donors (Lipinski definition) is 2. The van der Waals surface area contributed by atoms with E-state index in [9.17, 15) is 9.18 Å². The zero-order valence-electron chi connectivity index (χ0n) is 10.7.